The van der Waals surface area contributed by atoms with E-state index in [-0.39, 0.29) is 66.5 Å². The molecular formula is C36H46FN5O9. The zero-order chi connectivity index (χ0) is 36.3. The van der Waals surface area contributed by atoms with E-state index in [1.807, 2.05) is 0 Å². The zero-order valence-electron chi connectivity index (χ0n) is 28.8. The topological polar surface area (TPSA) is 167 Å². The Labute approximate surface area is 296 Å². The van der Waals surface area contributed by atoms with Crippen LogP contribution in [0.2, 0.25) is 0 Å². The number of likely N-dealkylation sites (N-methyl/N-ethyl adjacent to an activating group) is 1. The normalized spacial score (nSPS) is 21.8. The first-order valence-corrected chi connectivity index (χ1v) is 17.4. The Morgan fingerprint density at radius 1 is 1.02 bits per heavy atom. The number of carbonyl (C=O) groups is 5. The van der Waals surface area contributed by atoms with Crippen LogP contribution >= 0.6 is 0 Å². The van der Waals surface area contributed by atoms with Crippen LogP contribution in [-0.4, -0.2) is 128 Å². The van der Waals surface area contributed by atoms with Gasteiger partial charge in [-0.25, -0.2) is 4.39 Å². The summed E-state index contributed by atoms with van der Waals surface area (Å²) in [6, 6.07) is 8.13. The highest BCUT2D eigenvalue weighted by Crippen LogP contribution is 2.28. The Morgan fingerprint density at radius 3 is 2.49 bits per heavy atom. The maximum atomic E-state index is 14.8. The number of piperidine rings is 1. The molecule has 0 aromatic heterocycles. The monoisotopic (exact) mass is 711 g/mol. The molecule has 4 aliphatic heterocycles. The average molecular weight is 712 g/mol. The van der Waals surface area contributed by atoms with Crippen molar-refractivity contribution in [3.63, 3.8) is 0 Å². The van der Waals surface area contributed by atoms with Gasteiger partial charge in [-0.3, -0.25) is 24.0 Å². The largest absolute Gasteiger partial charge is 0.483 e. The standard InChI is InChI=1S/C35H44FN5O7.CH2O2/c1-39-21-32(42)38-30-20-41(35(45)24-5-12-46-13-6-24)10-4-31(30)47-22-23-14-27(36)19-28(15-23)48-29-17-25(16-26(18-29)34(39)44)33(43)37-7-11-40-8-2-3-9-40;2-1-3/h14-19,24,30-31H,2-13,20-22H2,1H3,(H,37,43)(H,38,42);1H,(H,2,3)/t30-,31+;/m1./s1. The summed E-state index contributed by atoms with van der Waals surface area (Å²) in [5.74, 6) is -1.57. The van der Waals surface area contributed by atoms with Crippen LogP contribution in [0.1, 0.15) is 58.4 Å². The van der Waals surface area contributed by atoms with Crippen LogP contribution in [-0.2, 0) is 30.5 Å². The number of benzene rings is 2. The Kier molecular flexibility index (Phi) is 13.3. The molecule has 3 saturated heterocycles. The quantitative estimate of drug-likeness (QED) is 0.392. The van der Waals surface area contributed by atoms with E-state index in [4.69, 9.17) is 24.1 Å². The van der Waals surface area contributed by atoms with Crippen LogP contribution in [0.15, 0.2) is 36.4 Å². The van der Waals surface area contributed by atoms with Crippen molar-refractivity contribution in [3.8, 4) is 11.5 Å². The fourth-order valence-electron chi connectivity index (χ4n) is 6.88. The van der Waals surface area contributed by atoms with Crippen LogP contribution in [0.25, 0.3) is 0 Å². The minimum atomic E-state index is -0.546. The van der Waals surface area contributed by atoms with Gasteiger partial charge in [0, 0.05) is 69.6 Å². The molecule has 4 amide bonds. The maximum Gasteiger partial charge on any atom is 0.290 e. The van der Waals surface area contributed by atoms with Gasteiger partial charge in [-0.2, -0.15) is 0 Å². The highest BCUT2D eigenvalue weighted by atomic mass is 19.1. The molecule has 0 unspecified atom stereocenters. The van der Waals surface area contributed by atoms with Crippen molar-refractivity contribution in [2.24, 2.45) is 5.92 Å². The Balaban J connectivity index is 0.00000162. The van der Waals surface area contributed by atoms with E-state index >= 15 is 0 Å². The van der Waals surface area contributed by atoms with Gasteiger partial charge in [0.1, 0.15) is 17.3 Å². The lowest BCUT2D eigenvalue weighted by Crippen LogP contribution is -2.59. The summed E-state index contributed by atoms with van der Waals surface area (Å²) in [4.78, 5) is 67.2. The molecule has 14 nitrogen and oxygen atoms in total. The van der Waals surface area contributed by atoms with Crippen LogP contribution < -0.4 is 15.4 Å². The number of likely N-dealkylation sites (tertiary alicyclic amines) is 2. The zero-order valence-corrected chi connectivity index (χ0v) is 28.8. The SMILES string of the molecule is CN1CC(=O)N[C@@H]2CN(C(=O)C3CCOCC3)CC[C@@H]2OCc2cc(F)cc(c2)Oc2cc(C(=O)NCCN3CCCC3)cc(c2)C1=O.O=CO. The van der Waals surface area contributed by atoms with Crippen LogP contribution in [0.3, 0.4) is 0 Å². The number of carbonyl (C=O) groups excluding carboxylic acids is 4. The van der Waals surface area contributed by atoms with Crippen molar-refractivity contribution in [2.45, 2.75) is 50.9 Å². The number of amides is 4. The molecule has 0 saturated carbocycles. The molecule has 4 bridgehead atoms. The van der Waals surface area contributed by atoms with Crippen LogP contribution in [0, 0.1) is 11.7 Å². The number of ether oxygens (including phenoxy) is 3. The molecule has 51 heavy (non-hydrogen) atoms. The summed E-state index contributed by atoms with van der Waals surface area (Å²) in [5.41, 5.74) is 0.855. The first-order valence-electron chi connectivity index (χ1n) is 17.4. The fraction of sp³-hybridized carbons (Fsp3) is 0.528. The van der Waals surface area contributed by atoms with Gasteiger partial charge >= 0.3 is 0 Å². The third-order valence-corrected chi connectivity index (χ3v) is 9.46. The Hall–Kier alpha value is -4.60. The first kappa shape index (κ1) is 37.7. The van der Waals surface area contributed by atoms with E-state index in [1.165, 1.54) is 42.3 Å². The van der Waals surface area contributed by atoms with Crippen molar-refractivity contribution < 1.29 is 47.7 Å². The van der Waals surface area contributed by atoms with Gasteiger partial charge in [-0.05, 0) is 81.1 Å². The molecule has 4 aliphatic rings. The van der Waals surface area contributed by atoms with Gasteiger partial charge in [0.15, 0.2) is 0 Å². The highest BCUT2D eigenvalue weighted by Gasteiger charge is 2.36. The van der Waals surface area contributed by atoms with Crippen LogP contribution in [0.5, 0.6) is 11.5 Å². The second-order valence-electron chi connectivity index (χ2n) is 13.2. The van der Waals surface area contributed by atoms with Gasteiger partial charge in [0.05, 0.1) is 25.3 Å². The minimum Gasteiger partial charge on any atom is -0.483 e. The third-order valence-electron chi connectivity index (χ3n) is 9.46. The Morgan fingerprint density at radius 2 is 1.75 bits per heavy atom. The average Bonchev–Trinajstić information content (AvgIpc) is 3.64. The number of rotatable bonds is 5. The van der Waals surface area contributed by atoms with Crippen molar-refractivity contribution in [1.82, 2.24) is 25.3 Å². The number of hydrogen-bond acceptors (Lipinski definition) is 9. The molecule has 15 heteroatoms. The summed E-state index contributed by atoms with van der Waals surface area (Å²) < 4.78 is 32.5. The van der Waals surface area contributed by atoms with E-state index in [2.05, 4.69) is 15.5 Å². The molecule has 3 fully saturated rings. The van der Waals surface area contributed by atoms with Crippen LogP contribution in [0.4, 0.5) is 4.39 Å². The summed E-state index contributed by atoms with van der Waals surface area (Å²) in [6.07, 6.45) is 3.63. The lowest BCUT2D eigenvalue weighted by Gasteiger charge is -2.40. The molecule has 2 aromatic carbocycles. The van der Waals surface area contributed by atoms with Crippen molar-refractivity contribution in [1.29, 1.82) is 0 Å². The summed E-state index contributed by atoms with van der Waals surface area (Å²) >= 11 is 0. The maximum absolute atomic E-state index is 14.8. The lowest BCUT2D eigenvalue weighted by atomic mass is 9.95. The van der Waals surface area contributed by atoms with E-state index in [0.717, 1.165) is 32.5 Å². The molecular weight excluding hydrogens is 665 g/mol. The van der Waals surface area contributed by atoms with Gasteiger partial charge in [-0.1, -0.05) is 0 Å². The van der Waals surface area contributed by atoms with Gasteiger partial charge in [0.2, 0.25) is 11.8 Å². The van der Waals surface area contributed by atoms with Gasteiger partial charge in [0.25, 0.3) is 18.3 Å². The van der Waals surface area contributed by atoms with Gasteiger partial charge in [-0.15, -0.1) is 0 Å². The Bertz CT molecular complexity index is 1560. The summed E-state index contributed by atoms with van der Waals surface area (Å²) in [6.45, 7) is 4.52. The second-order valence-corrected chi connectivity index (χ2v) is 13.2. The number of carboxylic acid groups (broad SMARTS) is 1. The van der Waals surface area contributed by atoms with E-state index in [0.29, 0.717) is 51.1 Å². The molecule has 0 radical (unpaired) electrons. The highest BCUT2D eigenvalue weighted by molar-refractivity contribution is 6.01. The first-order chi connectivity index (χ1) is 24.6. The molecule has 2 aromatic rings. The smallest absolute Gasteiger partial charge is 0.290 e. The molecule has 0 aliphatic carbocycles. The minimum absolute atomic E-state index is 0.0353. The number of nitrogens with zero attached hydrogens (tertiary/aromatic N) is 3. The fourth-order valence-corrected chi connectivity index (χ4v) is 6.88. The van der Waals surface area contributed by atoms with E-state index in [9.17, 15) is 23.6 Å². The molecule has 2 atom stereocenters. The van der Waals surface area contributed by atoms with Crippen molar-refractivity contribution in [2.75, 3.05) is 66.1 Å². The molecule has 276 valence electrons. The van der Waals surface area contributed by atoms with Crippen molar-refractivity contribution in [3.05, 3.63) is 58.9 Å². The number of halogens is 1. The van der Waals surface area contributed by atoms with Gasteiger partial charge < -0.3 is 44.7 Å². The second kappa shape index (κ2) is 18.1. The lowest BCUT2D eigenvalue weighted by molar-refractivity contribution is -0.143. The molecule has 3 N–H and O–H groups in total. The van der Waals surface area contributed by atoms with E-state index < -0.39 is 29.8 Å². The summed E-state index contributed by atoms with van der Waals surface area (Å²) in [5, 5.41) is 12.8. The number of fused-ring (bicyclic) bond motifs is 5. The molecule has 4 heterocycles. The molecule has 0 spiro atoms. The van der Waals surface area contributed by atoms with Crippen molar-refractivity contribution >= 4 is 30.1 Å². The predicted molar refractivity (Wildman–Crippen MR) is 182 cm³/mol. The third kappa shape index (κ3) is 10.5. The molecule has 6 rings (SSSR count). The van der Waals surface area contributed by atoms with E-state index in [1.54, 1.807) is 11.0 Å². The number of hydrogen-bond donors (Lipinski definition) is 3. The predicted octanol–water partition coefficient (Wildman–Crippen LogP) is 2.26. The summed E-state index contributed by atoms with van der Waals surface area (Å²) in [7, 11) is 1.50. The number of nitrogens with one attached hydrogen (secondary N) is 2.